The maximum Gasteiger partial charge on any atom is 0.573 e. The number of Topliss-reactive ketones (excluding diaryl/α,β-unsaturated/α-hetero) is 1. The molecule has 0 saturated carbocycles. The monoisotopic (exact) mass is 1640 g/mol. The number of rotatable bonds is 15. The third-order valence-electron chi connectivity index (χ3n) is 21.5. The topological polar surface area (TPSA) is 250 Å². The highest BCUT2D eigenvalue weighted by atomic mass is 19.4. The first-order chi connectivity index (χ1) is 57.5. The zero-order valence-corrected chi connectivity index (χ0v) is 67.8. The van der Waals surface area contributed by atoms with Crippen LogP contribution in [-0.2, 0) is 86.8 Å². The van der Waals surface area contributed by atoms with E-state index in [-0.39, 0.29) is 73.0 Å². The zero-order valence-electron chi connectivity index (χ0n) is 67.8. The molecule has 6 atom stereocenters. The molecule has 0 radical (unpaired) electrons. The van der Waals surface area contributed by atoms with E-state index < -0.39 is 36.9 Å². The van der Waals surface area contributed by atoms with Gasteiger partial charge in [0.15, 0.2) is 5.78 Å². The van der Waals surface area contributed by atoms with Gasteiger partial charge in [0.25, 0.3) is 0 Å². The number of epoxide rings is 1. The highest BCUT2D eigenvalue weighted by Crippen LogP contribution is 2.49. The number of aryl methyl sites for hydroxylation is 7. The number of hydrogen-bond donors (Lipinski definition) is 3. The molecule has 6 unspecified atom stereocenters. The van der Waals surface area contributed by atoms with Crippen LogP contribution >= 0.6 is 0 Å². The van der Waals surface area contributed by atoms with Crippen LogP contribution in [0.3, 0.4) is 0 Å². The van der Waals surface area contributed by atoms with Gasteiger partial charge in [0, 0.05) is 44.1 Å². The van der Waals surface area contributed by atoms with Gasteiger partial charge in [0.2, 0.25) is 23.1 Å². The van der Waals surface area contributed by atoms with Crippen LogP contribution in [-0.4, -0.2) is 121 Å². The Labute approximate surface area is 691 Å². The van der Waals surface area contributed by atoms with Crippen LogP contribution in [0.25, 0.3) is 6.08 Å². The fourth-order valence-corrected chi connectivity index (χ4v) is 15.7. The Kier molecular flexibility index (Phi) is 27.1. The number of carbonyl (C=O) groups excluding carboxylic acids is 2. The van der Waals surface area contributed by atoms with Gasteiger partial charge in [-0.25, -0.2) is 19.0 Å². The predicted octanol–water partition coefficient (Wildman–Crippen LogP) is 17.5. The van der Waals surface area contributed by atoms with Gasteiger partial charge >= 0.3 is 24.7 Å². The molecule has 0 bridgehead atoms. The van der Waals surface area contributed by atoms with Crippen molar-refractivity contribution in [2.45, 2.75) is 181 Å². The Morgan fingerprint density at radius 2 is 0.950 bits per heavy atom. The molecule has 7 aliphatic carbocycles. The number of alkyl halides is 6. The highest BCUT2D eigenvalue weighted by molar-refractivity contribution is 6.00. The van der Waals surface area contributed by atoms with Gasteiger partial charge in [-0.05, 0) is 212 Å². The Morgan fingerprint density at radius 1 is 0.492 bits per heavy atom. The van der Waals surface area contributed by atoms with Crippen molar-refractivity contribution in [1.29, 1.82) is 0 Å². The van der Waals surface area contributed by atoms with Gasteiger partial charge in [-0.1, -0.05) is 178 Å². The number of aliphatic hydroxyl groups excluding tert-OH is 2. The molecule has 3 N–H and O–H groups in total. The summed E-state index contributed by atoms with van der Waals surface area (Å²) in [6.45, 7) is 12.8. The molecule has 0 amide bonds. The molecule has 1 aliphatic heterocycles. The van der Waals surface area contributed by atoms with Crippen LogP contribution in [0.15, 0.2) is 182 Å². The number of nitrogens with zero attached hydrogens (tertiary/aromatic N) is 6. The summed E-state index contributed by atoms with van der Waals surface area (Å²) in [6.07, 6.45) is 3.60. The normalized spacial score (nSPS) is 17.8. The predicted molar refractivity (Wildman–Crippen MR) is 436 cm³/mol. The standard InChI is InChI=1S/C23H22F3N3O5.C21H18F3N3O5.C10H10O.C10H12O.C10H10O.C10H12O.C10H10/c1-3-32-22(30)20-21(29(28-27-20)13-14-4-7-17(31-2)8-5-14)33-19-10-15-6-9-18(11-16(15)12-19)34-23(24,25)26;1-30-15-5-2-12(3-6-15)11-27-19(18(20(28)29)25-26-27)31-17-8-13-4-7-16(9-14(13)10-17)32-21(22,23)24;1-6-2-3-8-7(4-6)5-9-10(8)11-9;2*1-7-2-4-9-8(6-7)3-5-10(9)11;1-7-2-3-8-5-10(11)6-9(8)4-7;1-8-5-6-9-3-2-4-10(9)7-8/h4-9,11,19H,3,10,12-13H2,1-2H3;2-7,9,17H,8,10-11H2,1H3,(H,28,29);2-4,9-10H,5H2,1H3;2,4,6,10-11H,3,5H2,1H3;2,4,6H,3,5H2,1H3;2-4,10-11H,5-6H2,1H3;2-3,5-7H,4H2,1H3. The minimum absolute atomic E-state index is 0.0158. The number of benzene rings is 9. The molecule has 19 rings (SSSR count). The maximum absolute atomic E-state index is 12.6. The lowest BCUT2D eigenvalue weighted by molar-refractivity contribution is -0.275. The molecule has 2 aromatic heterocycles. The van der Waals surface area contributed by atoms with Crippen molar-refractivity contribution in [2.75, 3.05) is 20.8 Å². The molecule has 9 aromatic carbocycles. The van der Waals surface area contributed by atoms with E-state index >= 15 is 0 Å². The summed E-state index contributed by atoms with van der Waals surface area (Å²) in [5, 5.41) is 43.9. The summed E-state index contributed by atoms with van der Waals surface area (Å²) >= 11 is 0. The molecule has 626 valence electrons. The molecular weight excluding hydrogens is 1550 g/mol. The number of aliphatic hydroxyl groups is 2. The van der Waals surface area contributed by atoms with Crippen molar-refractivity contribution in [1.82, 2.24) is 30.0 Å². The second-order valence-electron chi connectivity index (χ2n) is 30.8. The molecule has 26 heteroatoms. The number of methoxy groups -OCH3 is 2. The van der Waals surface area contributed by atoms with Gasteiger partial charge in [-0.15, -0.1) is 36.5 Å². The van der Waals surface area contributed by atoms with Crippen molar-refractivity contribution in [3.63, 3.8) is 0 Å². The summed E-state index contributed by atoms with van der Waals surface area (Å²) in [7, 11) is 3.12. The van der Waals surface area contributed by atoms with E-state index in [1.54, 1.807) is 69.7 Å². The van der Waals surface area contributed by atoms with Crippen molar-refractivity contribution in [2.24, 2.45) is 0 Å². The van der Waals surface area contributed by atoms with Crippen LogP contribution in [0.1, 0.15) is 175 Å². The second-order valence-corrected chi connectivity index (χ2v) is 30.8. The van der Waals surface area contributed by atoms with Crippen molar-refractivity contribution in [3.8, 4) is 34.8 Å². The number of hydrogen-bond acceptors (Lipinski definition) is 17. The van der Waals surface area contributed by atoms with Gasteiger partial charge in [-0.3, -0.25) is 4.79 Å². The Balaban J connectivity index is 0.000000130. The molecule has 1 saturated heterocycles. The number of aromatic carboxylic acids is 1. The molecular formula is C94H94F6N6O14. The number of fused-ring (bicyclic) bond motifs is 9. The molecule has 11 aromatic rings. The van der Waals surface area contributed by atoms with E-state index in [2.05, 4.69) is 150 Å². The molecule has 8 aliphatic rings. The van der Waals surface area contributed by atoms with E-state index in [9.17, 15) is 56.0 Å². The number of allylic oxidation sites excluding steroid dienone is 1. The van der Waals surface area contributed by atoms with E-state index in [0.29, 0.717) is 66.3 Å². The fraction of sp³-hybridized carbons (Fsp3) is 0.330. The third-order valence-corrected chi connectivity index (χ3v) is 21.5. The number of halogens is 6. The summed E-state index contributed by atoms with van der Waals surface area (Å²) in [6, 6.07) is 54.8. The number of aromatic nitrogens is 6. The minimum atomic E-state index is -4.78. The number of carbonyl (C=O) groups is 3. The number of ether oxygens (including phenoxy) is 8. The fourth-order valence-electron chi connectivity index (χ4n) is 15.7. The van der Waals surface area contributed by atoms with Gasteiger partial charge in [0.05, 0.1) is 52.2 Å². The number of carboxylic acid groups (broad SMARTS) is 1. The maximum atomic E-state index is 12.6. The van der Waals surface area contributed by atoms with Crippen LogP contribution in [0.4, 0.5) is 26.3 Å². The van der Waals surface area contributed by atoms with Gasteiger partial charge in [-0.2, -0.15) is 0 Å². The van der Waals surface area contributed by atoms with Crippen LogP contribution in [0.2, 0.25) is 0 Å². The molecule has 20 nitrogen and oxygen atoms in total. The van der Waals surface area contributed by atoms with Crippen LogP contribution < -0.4 is 28.4 Å². The lowest BCUT2D eigenvalue weighted by atomic mass is 10.1. The first kappa shape index (κ1) is 85.7. The van der Waals surface area contributed by atoms with Crippen LogP contribution in [0, 0.1) is 34.6 Å². The van der Waals surface area contributed by atoms with Gasteiger partial charge in [0.1, 0.15) is 41.3 Å². The molecule has 3 heterocycles. The number of carboxylic acids is 1. The number of esters is 1. The smallest absolute Gasteiger partial charge is 0.497 e. The first-order valence-electron chi connectivity index (χ1n) is 39.8. The Hall–Kier alpha value is -12.1. The molecule has 120 heavy (non-hydrogen) atoms. The van der Waals surface area contributed by atoms with E-state index in [1.807, 2.05) is 30.3 Å². The molecule has 0 spiro atoms. The largest absolute Gasteiger partial charge is 0.573 e. The minimum Gasteiger partial charge on any atom is -0.497 e. The third kappa shape index (κ3) is 22.4. The Morgan fingerprint density at radius 3 is 1.51 bits per heavy atom. The summed E-state index contributed by atoms with van der Waals surface area (Å²) in [5.74, 6) is -0.764. The van der Waals surface area contributed by atoms with Crippen molar-refractivity contribution < 1.29 is 93.9 Å². The summed E-state index contributed by atoms with van der Waals surface area (Å²) in [5.41, 5.74) is 23.9. The van der Waals surface area contributed by atoms with Crippen molar-refractivity contribution >= 4 is 23.8 Å². The summed E-state index contributed by atoms with van der Waals surface area (Å²) in [4.78, 5) is 35.2. The van der Waals surface area contributed by atoms with Crippen LogP contribution in [0.5, 0.6) is 34.8 Å². The zero-order chi connectivity index (χ0) is 85.1. The quantitative estimate of drug-likeness (QED) is 0.0490. The van der Waals surface area contributed by atoms with Gasteiger partial charge < -0.3 is 53.2 Å². The lowest BCUT2D eigenvalue weighted by Crippen LogP contribution is -2.21. The lowest BCUT2D eigenvalue weighted by Gasteiger charge is -2.15. The average molecular weight is 1650 g/mol. The second kappa shape index (κ2) is 37.9. The average Bonchev–Trinajstić information content (AvgIpc) is 1.59. The van der Waals surface area contributed by atoms with E-state index in [0.717, 1.165) is 78.3 Å². The molecule has 1 fully saturated rings. The van der Waals surface area contributed by atoms with E-state index in [1.165, 1.54) is 106 Å². The van der Waals surface area contributed by atoms with E-state index in [4.69, 9.17) is 28.4 Å². The highest BCUT2D eigenvalue weighted by Gasteiger charge is 2.47. The number of ketones is 1. The summed E-state index contributed by atoms with van der Waals surface area (Å²) < 4.78 is 119. The van der Waals surface area contributed by atoms with Crippen molar-refractivity contribution in [3.05, 3.63) is 310 Å². The Bertz CT molecular complexity index is 5490. The SMILES string of the molecule is CCOC(=O)c1nnn(Cc2ccc(OC)cc2)c1OC1Cc2ccc(OC(F)(F)F)cc2C1.COc1ccc(Cn2nnc(C(=O)O)c2OC2Cc3ccc(OC(F)(F)F)cc3C2)cc1.Cc1ccc2c(c1)CC(O)C2.Cc1ccc2c(c1)CC1OC21.Cc1ccc2c(c1)CC=C2.Cc1ccc2c(c1)CCC2=O.Cc1ccc2c(c1)CCC2O. The first-order valence-corrected chi connectivity index (χ1v) is 39.8.